The van der Waals surface area contributed by atoms with E-state index in [1.54, 1.807) is 48.5 Å². The van der Waals surface area contributed by atoms with Gasteiger partial charge in [-0.05, 0) is 42.0 Å². The van der Waals surface area contributed by atoms with Crippen LogP contribution in [0, 0.1) is 0 Å². The molecule has 5 nitrogen and oxygen atoms in total. The van der Waals surface area contributed by atoms with Crippen LogP contribution in [0.2, 0.25) is 5.02 Å². The topological polar surface area (TPSA) is 71.3 Å². The predicted octanol–water partition coefficient (Wildman–Crippen LogP) is 3.73. The molecule has 3 aromatic rings. The molecule has 0 radical (unpaired) electrons. The number of para-hydroxylation sites is 1. The third-order valence-electron chi connectivity index (χ3n) is 4.30. The number of carbonyl (C=O) groups excluding carboxylic acids is 1. The largest absolute Gasteiger partial charge is 0.422 e. The molecule has 134 valence electrons. The molecule has 0 bridgehead atoms. The summed E-state index contributed by atoms with van der Waals surface area (Å²) < 4.78 is 5.29. The van der Waals surface area contributed by atoms with Crippen LogP contribution in [-0.2, 0) is 0 Å². The van der Waals surface area contributed by atoms with E-state index in [1.807, 2.05) is 6.07 Å². The number of nitrogens with one attached hydrogen (secondary N) is 2. The highest BCUT2D eigenvalue weighted by molar-refractivity contribution is 7.80. The Balaban J connectivity index is 1.79. The number of rotatable bonds is 3. The molecule has 1 atom stereocenters. The number of ketones is 1. The second-order valence-corrected chi connectivity index (χ2v) is 6.86. The summed E-state index contributed by atoms with van der Waals surface area (Å²) in [5.74, 6) is -0.433. The first-order valence-corrected chi connectivity index (χ1v) is 8.92. The van der Waals surface area contributed by atoms with Crippen molar-refractivity contribution < 1.29 is 9.21 Å². The lowest BCUT2D eigenvalue weighted by atomic mass is 9.92. The number of thiocarbonyl (C=S) groups is 1. The first-order valence-electron chi connectivity index (χ1n) is 8.13. The lowest BCUT2D eigenvalue weighted by Gasteiger charge is -2.27. The second kappa shape index (κ2) is 6.98. The molecule has 0 saturated heterocycles. The Kier molecular flexibility index (Phi) is 4.51. The van der Waals surface area contributed by atoms with E-state index in [0.717, 1.165) is 5.56 Å². The Morgan fingerprint density at radius 2 is 1.85 bits per heavy atom. The molecular formula is C20H13ClN2O3S. The fraction of sp³-hybridized carbons (Fsp3) is 0.0500. The van der Waals surface area contributed by atoms with E-state index >= 15 is 0 Å². The molecule has 2 N–H and O–H groups in total. The first-order chi connectivity index (χ1) is 13.0. The van der Waals surface area contributed by atoms with Crippen molar-refractivity contribution in [3.8, 4) is 0 Å². The SMILES string of the molecule is O=C(C1=CNC(=S)NC1c1ccc(Cl)cc1)c1cc2ccccc2oc1=O. The maximum absolute atomic E-state index is 13.1. The number of Topliss-reactive ketones (excluding diaryl/α,β-unsaturated/α-hetero) is 1. The van der Waals surface area contributed by atoms with Crippen molar-refractivity contribution in [1.82, 2.24) is 10.6 Å². The maximum Gasteiger partial charge on any atom is 0.347 e. The average Bonchev–Trinajstić information content (AvgIpc) is 2.67. The molecule has 0 saturated carbocycles. The summed E-state index contributed by atoms with van der Waals surface area (Å²) in [4.78, 5) is 25.5. The van der Waals surface area contributed by atoms with Crippen LogP contribution in [0.15, 0.2) is 75.6 Å². The highest BCUT2D eigenvalue weighted by Gasteiger charge is 2.29. The molecule has 2 heterocycles. The van der Waals surface area contributed by atoms with Gasteiger partial charge in [-0.2, -0.15) is 0 Å². The first kappa shape index (κ1) is 17.5. The predicted molar refractivity (Wildman–Crippen MR) is 108 cm³/mol. The number of carbonyl (C=O) groups is 1. The van der Waals surface area contributed by atoms with Crippen molar-refractivity contribution >= 4 is 45.7 Å². The number of benzene rings is 2. The number of fused-ring (bicyclic) bond motifs is 1. The van der Waals surface area contributed by atoms with Crippen LogP contribution in [0.1, 0.15) is 22.0 Å². The minimum Gasteiger partial charge on any atom is -0.422 e. The van der Waals surface area contributed by atoms with Crippen molar-refractivity contribution in [3.63, 3.8) is 0 Å². The second-order valence-electron chi connectivity index (χ2n) is 6.02. The van der Waals surface area contributed by atoms with E-state index in [-0.39, 0.29) is 5.56 Å². The fourth-order valence-corrected chi connectivity index (χ4v) is 3.27. The van der Waals surface area contributed by atoms with Crippen molar-refractivity contribution in [1.29, 1.82) is 0 Å². The van der Waals surface area contributed by atoms with Crippen LogP contribution in [0.3, 0.4) is 0 Å². The lowest BCUT2D eigenvalue weighted by Crippen LogP contribution is -2.42. The summed E-state index contributed by atoms with van der Waals surface area (Å²) in [7, 11) is 0. The van der Waals surface area contributed by atoms with E-state index in [4.69, 9.17) is 28.2 Å². The molecule has 0 amide bonds. The Morgan fingerprint density at radius 3 is 2.63 bits per heavy atom. The van der Waals surface area contributed by atoms with Gasteiger partial charge in [0.15, 0.2) is 10.9 Å². The molecule has 27 heavy (non-hydrogen) atoms. The molecule has 1 aromatic heterocycles. The Labute approximate surface area is 164 Å². The number of halogens is 1. The van der Waals surface area contributed by atoms with Gasteiger partial charge in [-0.25, -0.2) is 4.79 Å². The maximum atomic E-state index is 13.1. The van der Waals surface area contributed by atoms with Crippen molar-refractivity contribution in [2.75, 3.05) is 0 Å². The van der Waals surface area contributed by atoms with Crippen LogP contribution >= 0.6 is 23.8 Å². The van der Waals surface area contributed by atoms with Gasteiger partial charge in [0.2, 0.25) is 0 Å². The standard InChI is InChI=1S/C20H13ClN2O3S/c21-13-7-5-11(6-8-13)17-15(10-22-20(27)23-17)18(24)14-9-12-3-1-2-4-16(12)26-19(14)25/h1-10,17H,(H2,22,23,27). The molecule has 4 rings (SSSR count). The highest BCUT2D eigenvalue weighted by Crippen LogP contribution is 2.27. The Hall–Kier alpha value is -2.96. The van der Waals surface area contributed by atoms with Gasteiger partial charge >= 0.3 is 5.63 Å². The van der Waals surface area contributed by atoms with Gasteiger partial charge in [0, 0.05) is 22.2 Å². The third kappa shape index (κ3) is 3.37. The lowest BCUT2D eigenvalue weighted by molar-refractivity contribution is 0.102. The minimum absolute atomic E-state index is 0.0321. The zero-order chi connectivity index (χ0) is 19.0. The van der Waals surface area contributed by atoms with Gasteiger partial charge in [-0.3, -0.25) is 4.79 Å². The van der Waals surface area contributed by atoms with Gasteiger partial charge < -0.3 is 15.1 Å². The van der Waals surface area contributed by atoms with Gasteiger partial charge in [0.1, 0.15) is 11.1 Å². The highest BCUT2D eigenvalue weighted by atomic mass is 35.5. The van der Waals surface area contributed by atoms with Crippen molar-refractivity contribution in [2.24, 2.45) is 0 Å². The summed E-state index contributed by atoms with van der Waals surface area (Å²) in [5, 5.41) is 7.54. The van der Waals surface area contributed by atoms with Crippen LogP contribution in [-0.4, -0.2) is 10.9 Å². The summed E-state index contributed by atoms with van der Waals surface area (Å²) >= 11 is 11.1. The molecule has 1 aliphatic rings. The fourth-order valence-electron chi connectivity index (χ4n) is 2.97. The van der Waals surface area contributed by atoms with Crippen molar-refractivity contribution in [3.05, 3.63) is 92.9 Å². The Morgan fingerprint density at radius 1 is 1.11 bits per heavy atom. The van der Waals surface area contributed by atoms with E-state index in [0.29, 0.717) is 26.7 Å². The summed E-state index contributed by atoms with van der Waals surface area (Å²) in [5.41, 5.74) is 0.878. The minimum atomic E-state index is -0.678. The summed E-state index contributed by atoms with van der Waals surface area (Å²) in [6.45, 7) is 0. The molecule has 1 unspecified atom stereocenters. The van der Waals surface area contributed by atoms with E-state index < -0.39 is 17.5 Å². The smallest absolute Gasteiger partial charge is 0.347 e. The molecular weight excluding hydrogens is 384 g/mol. The van der Waals surface area contributed by atoms with Crippen molar-refractivity contribution in [2.45, 2.75) is 6.04 Å². The molecule has 0 aliphatic carbocycles. The number of hydrogen-bond donors (Lipinski definition) is 2. The zero-order valence-corrected chi connectivity index (χ0v) is 15.4. The number of hydrogen-bond acceptors (Lipinski definition) is 4. The van der Waals surface area contributed by atoms with Crippen LogP contribution in [0.5, 0.6) is 0 Å². The van der Waals surface area contributed by atoms with E-state index in [2.05, 4.69) is 10.6 Å². The monoisotopic (exact) mass is 396 g/mol. The summed E-state index contributed by atoms with van der Waals surface area (Å²) in [6, 6.07) is 15.2. The van der Waals surface area contributed by atoms with Gasteiger partial charge in [0.05, 0.1) is 6.04 Å². The van der Waals surface area contributed by atoms with Gasteiger partial charge in [0.25, 0.3) is 0 Å². The average molecular weight is 397 g/mol. The van der Waals surface area contributed by atoms with Gasteiger partial charge in [-0.1, -0.05) is 41.9 Å². The van der Waals surface area contributed by atoms with Gasteiger partial charge in [-0.15, -0.1) is 0 Å². The molecule has 2 aromatic carbocycles. The summed E-state index contributed by atoms with van der Waals surface area (Å²) in [6.07, 6.45) is 1.52. The van der Waals surface area contributed by atoms with Crippen LogP contribution in [0.4, 0.5) is 0 Å². The van der Waals surface area contributed by atoms with Crippen LogP contribution in [0.25, 0.3) is 11.0 Å². The molecule has 0 spiro atoms. The quantitative estimate of drug-likeness (QED) is 0.399. The molecule has 7 heteroatoms. The normalized spacial score (nSPS) is 16.4. The van der Waals surface area contributed by atoms with Crippen LogP contribution < -0.4 is 16.3 Å². The third-order valence-corrected chi connectivity index (χ3v) is 4.78. The molecule has 0 fully saturated rings. The van der Waals surface area contributed by atoms with E-state index in [9.17, 15) is 9.59 Å². The molecule has 1 aliphatic heterocycles. The zero-order valence-electron chi connectivity index (χ0n) is 13.9. The van der Waals surface area contributed by atoms with E-state index in [1.165, 1.54) is 6.20 Å². The Bertz CT molecular complexity index is 1150.